The smallest absolute Gasteiger partial charge is 0.165 e. The first-order valence-electron chi connectivity index (χ1n) is 6.58. The summed E-state index contributed by atoms with van der Waals surface area (Å²) in [5.41, 5.74) is 2.15. The molecule has 0 aliphatic heterocycles. The average molecular weight is 264 g/mol. The van der Waals surface area contributed by atoms with Crippen molar-refractivity contribution in [3.63, 3.8) is 0 Å². The summed E-state index contributed by atoms with van der Waals surface area (Å²) >= 11 is 0. The fourth-order valence-electron chi connectivity index (χ4n) is 2.34. The lowest BCUT2D eigenvalue weighted by Gasteiger charge is -2.11. The molecule has 4 heteroatoms. The Hall–Kier alpha value is -1.55. The van der Waals surface area contributed by atoms with Crippen molar-refractivity contribution in [1.29, 1.82) is 0 Å². The fraction of sp³-hybridized carbons (Fsp3) is 0.467. The predicted octanol–water partition coefficient (Wildman–Crippen LogP) is 2.82. The zero-order valence-electron chi connectivity index (χ0n) is 12.0. The van der Waals surface area contributed by atoms with Crippen LogP contribution in [0.4, 0.5) is 4.39 Å². The molecule has 0 saturated heterocycles. The topological polar surface area (TPSA) is 17.4 Å². The van der Waals surface area contributed by atoms with Gasteiger partial charge in [-0.3, -0.25) is 0 Å². The maximum atomic E-state index is 14.0. The molecule has 2 rings (SSSR count). The van der Waals surface area contributed by atoms with E-state index in [9.17, 15) is 4.39 Å². The van der Waals surface area contributed by atoms with Crippen molar-refractivity contribution >= 4 is 10.9 Å². The second kappa shape index (κ2) is 5.61. The minimum absolute atomic E-state index is 0.286. The molecule has 0 unspecified atom stereocenters. The van der Waals surface area contributed by atoms with Crippen LogP contribution in [0.15, 0.2) is 18.3 Å². The third-order valence-electron chi connectivity index (χ3n) is 3.26. The second-order valence-corrected chi connectivity index (χ2v) is 5.02. The first kappa shape index (κ1) is 13.9. The van der Waals surface area contributed by atoms with E-state index in [0.717, 1.165) is 29.4 Å². The van der Waals surface area contributed by atoms with Crippen molar-refractivity contribution in [2.24, 2.45) is 7.05 Å². The number of halogens is 1. The maximum Gasteiger partial charge on any atom is 0.165 e. The van der Waals surface area contributed by atoms with Crippen LogP contribution in [-0.2, 0) is 13.5 Å². The Kier molecular flexibility index (Phi) is 4.10. The monoisotopic (exact) mass is 264 g/mol. The number of benzene rings is 1. The van der Waals surface area contributed by atoms with Gasteiger partial charge in [0.25, 0.3) is 0 Å². The lowest BCUT2D eigenvalue weighted by atomic mass is 10.1. The zero-order valence-corrected chi connectivity index (χ0v) is 12.0. The third kappa shape index (κ3) is 2.73. The van der Waals surface area contributed by atoms with Gasteiger partial charge in [-0.05, 0) is 45.1 Å². The number of fused-ring (bicyclic) bond motifs is 1. The SMILES string of the molecule is CCOc1c(F)ccc2c1c(CCN(C)C)cn2C. The van der Waals surface area contributed by atoms with Gasteiger partial charge in [-0.2, -0.15) is 0 Å². The van der Waals surface area contributed by atoms with Gasteiger partial charge in [0.15, 0.2) is 11.6 Å². The molecule has 1 heterocycles. The van der Waals surface area contributed by atoms with Gasteiger partial charge >= 0.3 is 0 Å². The van der Waals surface area contributed by atoms with Crippen LogP contribution in [0, 0.1) is 5.82 Å². The van der Waals surface area contributed by atoms with Gasteiger partial charge in [0.2, 0.25) is 0 Å². The van der Waals surface area contributed by atoms with Gasteiger partial charge in [0.1, 0.15) is 0 Å². The van der Waals surface area contributed by atoms with Gasteiger partial charge in [0.05, 0.1) is 12.1 Å². The molecule has 0 saturated carbocycles. The van der Waals surface area contributed by atoms with E-state index in [4.69, 9.17) is 4.74 Å². The molecule has 0 spiro atoms. The van der Waals surface area contributed by atoms with E-state index in [0.29, 0.717) is 12.4 Å². The molecule has 0 atom stereocenters. The molecular formula is C15H21FN2O. The quantitative estimate of drug-likeness (QED) is 0.826. The fourth-order valence-corrected chi connectivity index (χ4v) is 2.34. The second-order valence-electron chi connectivity index (χ2n) is 5.02. The van der Waals surface area contributed by atoms with Crippen LogP contribution in [0.2, 0.25) is 0 Å². The number of hydrogen-bond acceptors (Lipinski definition) is 2. The lowest BCUT2D eigenvalue weighted by Crippen LogP contribution is -2.15. The molecule has 1 aromatic heterocycles. The molecule has 0 fully saturated rings. The van der Waals surface area contributed by atoms with E-state index in [-0.39, 0.29) is 5.82 Å². The molecule has 1 aromatic carbocycles. The molecule has 0 bridgehead atoms. The van der Waals surface area contributed by atoms with Crippen LogP contribution in [-0.4, -0.2) is 36.7 Å². The van der Waals surface area contributed by atoms with Gasteiger partial charge in [0, 0.05) is 25.2 Å². The molecule has 0 radical (unpaired) electrons. The van der Waals surface area contributed by atoms with Gasteiger partial charge in [-0.1, -0.05) is 0 Å². The zero-order chi connectivity index (χ0) is 14.0. The van der Waals surface area contributed by atoms with Crippen molar-refractivity contribution in [2.75, 3.05) is 27.2 Å². The summed E-state index contributed by atoms with van der Waals surface area (Å²) in [6.45, 7) is 3.28. The normalized spacial score (nSPS) is 11.5. The van der Waals surface area contributed by atoms with Crippen LogP contribution < -0.4 is 4.74 Å². The standard InChI is InChI=1S/C15H21FN2O/c1-5-19-15-12(16)6-7-13-14(15)11(10-18(13)4)8-9-17(2)3/h6-7,10H,5,8-9H2,1-4H3. The summed E-state index contributed by atoms with van der Waals surface area (Å²) < 4.78 is 21.5. The molecule has 0 N–H and O–H groups in total. The summed E-state index contributed by atoms with van der Waals surface area (Å²) in [6.07, 6.45) is 2.95. The highest BCUT2D eigenvalue weighted by atomic mass is 19.1. The number of ether oxygens (including phenoxy) is 1. The predicted molar refractivity (Wildman–Crippen MR) is 76.3 cm³/mol. The molecular weight excluding hydrogens is 243 g/mol. The first-order chi connectivity index (χ1) is 9.04. The Bertz CT molecular complexity index is 575. The summed E-state index contributed by atoms with van der Waals surface area (Å²) in [5, 5.41) is 0.909. The number of rotatable bonds is 5. The highest BCUT2D eigenvalue weighted by Crippen LogP contribution is 2.33. The van der Waals surface area contributed by atoms with Crippen LogP contribution in [0.25, 0.3) is 10.9 Å². The van der Waals surface area contributed by atoms with Crippen molar-refractivity contribution in [3.05, 3.63) is 29.7 Å². The molecule has 3 nitrogen and oxygen atoms in total. The Morgan fingerprint density at radius 1 is 1.32 bits per heavy atom. The minimum Gasteiger partial charge on any atom is -0.490 e. The summed E-state index contributed by atoms with van der Waals surface area (Å²) in [6, 6.07) is 3.29. The van der Waals surface area contributed by atoms with E-state index < -0.39 is 0 Å². The summed E-state index contributed by atoms with van der Waals surface area (Å²) in [4.78, 5) is 2.12. The summed E-state index contributed by atoms with van der Waals surface area (Å²) in [5.74, 6) is 0.0982. The van der Waals surface area contributed by atoms with E-state index in [1.54, 1.807) is 0 Å². The van der Waals surface area contributed by atoms with Crippen LogP contribution in [0.3, 0.4) is 0 Å². The molecule has 0 aliphatic rings. The molecule has 19 heavy (non-hydrogen) atoms. The molecule has 104 valence electrons. The first-order valence-corrected chi connectivity index (χ1v) is 6.58. The lowest BCUT2D eigenvalue weighted by molar-refractivity contribution is 0.325. The Balaban J connectivity index is 2.54. The molecule has 0 aliphatic carbocycles. The third-order valence-corrected chi connectivity index (χ3v) is 3.26. The number of aromatic nitrogens is 1. The Morgan fingerprint density at radius 3 is 2.68 bits per heavy atom. The van der Waals surface area contributed by atoms with Gasteiger partial charge < -0.3 is 14.2 Å². The Morgan fingerprint density at radius 2 is 2.05 bits per heavy atom. The van der Waals surface area contributed by atoms with E-state index >= 15 is 0 Å². The highest BCUT2D eigenvalue weighted by molar-refractivity contribution is 5.90. The number of hydrogen-bond donors (Lipinski definition) is 0. The minimum atomic E-state index is -0.286. The largest absolute Gasteiger partial charge is 0.490 e. The van der Waals surface area contributed by atoms with Crippen molar-refractivity contribution < 1.29 is 9.13 Å². The van der Waals surface area contributed by atoms with E-state index in [1.807, 2.05) is 38.7 Å². The van der Waals surface area contributed by atoms with Crippen molar-refractivity contribution in [1.82, 2.24) is 9.47 Å². The number of aryl methyl sites for hydroxylation is 1. The van der Waals surface area contributed by atoms with E-state index in [2.05, 4.69) is 11.1 Å². The van der Waals surface area contributed by atoms with Crippen LogP contribution in [0.5, 0.6) is 5.75 Å². The number of likely N-dealkylation sites (N-methyl/N-ethyl adjacent to an activating group) is 1. The Labute approximate surface area is 113 Å². The van der Waals surface area contributed by atoms with E-state index in [1.165, 1.54) is 6.07 Å². The van der Waals surface area contributed by atoms with Crippen molar-refractivity contribution in [2.45, 2.75) is 13.3 Å². The van der Waals surface area contributed by atoms with Gasteiger partial charge in [-0.15, -0.1) is 0 Å². The van der Waals surface area contributed by atoms with Crippen molar-refractivity contribution in [3.8, 4) is 5.75 Å². The number of nitrogens with zero attached hydrogens (tertiary/aromatic N) is 2. The van der Waals surface area contributed by atoms with Crippen LogP contribution >= 0.6 is 0 Å². The summed E-state index contributed by atoms with van der Waals surface area (Å²) in [7, 11) is 6.06. The molecule has 0 amide bonds. The van der Waals surface area contributed by atoms with Crippen LogP contribution in [0.1, 0.15) is 12.5 Å². The maximum absolute atomic E-state index is 14.0. The highest BCUT2D eigenvalue weighted by Gasteiger charge is 2.16. The van der Waals surface area contributed by atoms with Gasteiger partial charge in [-0.25, -0.2) is 4.39 Å². The average Bonchev–Trinajstić information content (AvgIpc) is 2.67. The molecule has 2 aromatic rings.